The Bertz CT molecular complexity index is 736. The topological polar surface area (TPSA) is 73.0 Å². The molecule has 3 aliphatic rings. The first-order chi connectivity index (χ1) is 13.1. The molecule has 1 aromatic rings. The second-order valence-electron chi connectivity index (χ2n) is 7.58. The van der Waals surface area contributed by atoms with Gasteiger partial charge in [0.2, 0.25) is 17.7 Å². The van der Waals surface area contributed by atoms with Crippen molar-refractivity contribution in [2.24, 2.45) is 0 Å². The van der Waals surface area contributed by atoms with Gasteiger partial charge in [0, 0.05) is 51.4 Å². The van der Waals surface area contributed by atoms with Gasteiger partial charge in [0.25, 0.3) is 0 Å². The van der Waals surface area contributed by atoms with Crippen LogP contribution in [-0.2, 0) is 14.4 Å². The molecule has 1 aromatic carbocycles. The van der Waals surface area contributed by atoms with E-state index in [0.717, 1.165) is 37.2 Å². The molecule has 3 heterocycles. The summed E-state index contributed by atoms with van der Waals surface area (Å²) >= 11 is 0. The lowest BCUT2D eigenvalue weighted by atomic mass is 9.89. The summed E-state index contributed by atoms with van der Waals surface area (Å²) in [7, 11) is 0. The second kappa shape index (κ2) is 7.68. The lowest BCUT2D eigenvalue weighted by Crippen LogP contribution is -2.52. The van der Waals surface area contributed by atoms with Gasteiger partial charge in [0.05, 0.1) is 12.5 Å². The molecule has 4 rings (SSSR count). The average molecular weight is 370 g/mol. The molecule has 0 spiro atoms. The number of para-hydroxylation sites is 1. The number of hydrogen-bond donors (Lipinski definition) is 1. The third kappa shape index (κ3) is 3.83. The first-order valence-corrected chi connectivity index (χ1v) is 9.79. The number of hydrogen-bond acceptors (Lipinski definition) is 4. The Hall–Kier alpha value is -2.41. The van der Waals surface area contributed by atoms with Gasteiger partial charge in [-0.05, 0) is 24.5 Å². The molecule has 0 aliphatic carbocycles. The normalized spacial score (nSPS) is 23.1. The molecule has 7 nitrogen and oxygen atoms in total. The molecule has 1 unspecified atom stereocenters. The van der Waals surface area contributed by atoms with Crippen molar-refractivity contribution >= 4 is 23.4 Å². The maximum Gasteiger partial charge on any atom is 0.236 e. The minimum Gasteiger partial charge on any atom is -0.342 e. The smallest absolute Gasteiger partial charge is 0.236 e. The number of nitrogens with one attached hydrogen (secondary N) is 1. The Morgan fingerprint density at radius 1 is 0.963 bits per heavy atom. The molecule has 27 heavy (non-hydrogen) atoms. The van der Waals surface area contributed by atoms with Crippen molar-refractivity contribution in [2.45, 2.75) is 25.2 Å². The Kier molecular flexibility index (Phi) is 5.11. The van der Waals surface area contributed by atoms with E-state index in [9.17, 15) is 14.4 Å². The fourth-order valence-corrected chi connectivity index (χ4v) is 4.24. The zero-order valence-electron chi connectivity index (χ0n) is 15.5. The van der Waals surface area contributed by atoms with Crippen LogP contribution in [-0.4, -0.2) is 78.2 Å². The number of carbonyl (C=O) groups is 3. The minimum atomic E-state index is -0.410. The van der Waals surface area contributed by atoms with Crippen LogP contribution in [0.3, 0.4) is 0 Å². The first kappa shape index (κ1) is 18.0. The van der Waals surface area contributed by atoms with Crippen molar-refractivity contribution < 1.29 is 14.4 Å². The van der Waals surface area contributed by atoms with E-state index < -0.39 is 5.92 Å². The second-order valence-corrected chi connectivity index (χ2v) is 7.58. The van der Waals surface area contributed by atoms with Crippen molar-refractivity contribution in [3.63, 3.8) is 0 Å². The van der Waals surface area contributed by atoms with Crippen LogP contribution in [0.5, 0.6) is 0 Å². The van der Waals surface area contributed by atoms with Crippen LogP contribution >= 0.6 is 0 Å². The van der Waals surface area contributed by atoms with Crippen LogP contribution in [0.4, 0.5) is 5.69 Å². The number of anilines is 1. The molecule has 7 heteroatoms. The molecule has 144 valence electrons. The molecule has 0 radical (unpaired) electrons. The maximum absolute atomic E-state index is 13.1. The van der Waals surface area contributed by atoms with E-state index in [4.69, 9.17) is 0 Å². The molecule has 0 aromatic heterocycles. The summed E-state index contributed by atoms with van der Waals surface area (Å²) in [6, 6.07) is 7.53. The fraction of sp³-hybridized carbons (Fsp3) is 0.550. The van der Waals surface area contributed by atoms with E-state index in [1.54, 1.807) is 0 Å². The van der Waals surface area contributed by atoms with Crippen LogP contribution in [0.2, 0.25) is 0 Å². The highest BCUT2D eigenvalue weighted by Gasteiger charge is 2.34. The van der Waals surface area contributed by atoms with Crippen LogP contribution in [0.1, 0.15) is 30.7 Å². The molecule has 0 bridgehead atoms. The highest BCUT2D eigenvalue weighted by atomic mass is 16.2. The monoisotopic (exact) mass is 370 g/mol. The highest BCUT2D eigenvalue weighted by Crippen LogP contribution is 2.33. The highest BCUT2D eigenvalue weighted by molar-refractivity contribution is 6.01. The average Bonchev–Trinajstić information content (AvgIpc) is 3.22. The van der Waals surface area contributed by atoms with Crippen LogP contribution < -0.4 is 5.32 Å². The largest absolute Gasteiger partial charge is 0.342 e. The molecule has 2 saturated heterocycles. The summed E-state index contributed by atoms with van der Waals surface area (Å²) in [6.07, 6.45) is 2.40. The van der Waals surface area contributed by atoms with Crippen LogP contribution in [0.25, 0.3) is 0 Å². The van der Waals surface area contributed by atoms with Crippen molar-refractivity contribution in [3.05, 3.63) is 29.8 Å². The molecule has 1 atom stereocenters. The number of fused-ring (bicyclic) bond motifs is 1. The summed E-state index contributed by atoms with van der Waals surface area (Å²) in [6.45, 7) is 4.80. The van der Waals surface area contributed by atoms with Gasteiger partial charge in [0.1, 0.15) is 0 Å². The van der Waals surface area contributed by atoms with Gasteiger partial charge in [-0.15, -0.1) is 0 Å². The van der Waals surface area contributed by atoms with Crippen molar-refractivity contribution in [3.8, 4) is 0 Å². The predicted molar refractivity (Wildman–Crippen MR) is 101 cm³/mol. The van der Waals surface area contributed by atoms with E-state index >= 15 is 0 Å². The van der Waals surface area contributed by atoms with E-state index in [1.807, 2.05) is 34.1 Å². The van der Waals surface area contributed by atoms with Gasteiger partial charge in [-0.1, -0.05) is 18.2 Å². The minimum absolute atomic E-state index is 0.0165. The number of rotatable bonds is 3. The maximum atomic E-state index is 13.1. The molecular formula is C20H26N4O3. The van der Waals surface area contributed by atoms with E-state index in [0.29, 0.717) is 32.7 Å². The molecule has 3 amide bonds. The van der Waals surface area contributed by atoms with Crippen molar-refractivity contribution in [2.75, 3.05) is 51.1 Å². The number of benzene rings is 1. The molecule has 2 fully saturated rings. The summed E-state index contributed by atoms with van der Waals surface area (Å²) in [5.41, 5.74) is 1.63. The number of amides is 3. The van der Waals surface area contributed by atoms with Crippen molar-refractivity contribution in [1.82, 2.24) is 14.7 Å². The number of carbonyl (C=O) groups excluding carboxylic acids is 3. The van der Waals surface area contributed by atoms with Gasteiger partial charge in [-0.2, -0.15) is 0 Å². The quantitative estimate of drug-likeness (QED) is 0.857. The van der Waals surface area contributed by atoms with E-state index in [1.165, 1.54) is 0 Å². The fourth-order valence-electron chi connectivity index (χ4n) is 4.24. The van der Waals surface area contributed by atoms with Gasteiger partial charge < -0.3 is 15.1 Å². The summed E-state index contributed by atoms with van der Waals surface area (Å²) < 4.78 is 0. The lowest BCUT2D eigenvalue weighted by molar-refractivity contribution is -0.137. The molecule has 1 N–H and O–H groups in total. The van der Waals surface area contributed by atoms with Crippen LogP contribution in [0, 0.1) is 0 Å². The summed E-state index contributed by atoms with van der Waals surface area (Å²) in [4.78, 5) is 43.3. The number of nitrogens with zero attached hydrogens (tertiary/aromatic N) is 3. The van der Waals surface area contributed by atoms with Crippen molar-refractivity contribution in [1.29, 1.82) is 0 Å². The third-order valence-corrected chi connectivity index (χ3v) is 5.80. The molecular weight excluding hydrogens is 344 g/mol. The zero-order valence-corrected chi connectivity index (χ0v) is 15.5. The van der Waals surface area contributed by atoms with Gasteiger partial charge in [0.15, 0.2) is 0 Å². The SMILES string of the molecule is O=C1CC(C(=O)N2CCN(CC(=O)N3CCCC3)CC2)c2ccccc2N1. The Labute approximate surface area is 159 Å². The van der Waals surface area contributed by atoms with Gasteiger partial charge >= 0.3 is 0 Å². The summed E-state index contributed by atoms with van der Waals surface area (Å²) in [5.74, 6) is -0.303. The Morgan fingerprint density at radius 3 is 2.41 bits per heavy atom. The van der Waals surface area contributed by atoms with E-state index in [-0.39, 0.29) is 24.1 Å². The first-order valence-electron chi connectivity index (χ1n) is 9.79. The number of likely N-dealkylation sites (tertiary alicyclic amines) is 1. The predicted octanol–water partition coefficient (Wildman–Crippen LogP) is 0.879. The zero-order chi connectivity index (χ0) is 18.8. The summed E-state index contributed by atoms with van der Waals surface area (Å²) in [5, 5.41) is 2.84. The molecule has 3 aliphatic heterocycles. The van der Waals surface area contributed by atoms with E-state index in [2.05, 4.69) is 10.2 Å². The third-order valence-electron chi connectivity index (χ3n) is 5.80. The number of piperazine rings is 1. The lowest BCUT2D eigenvalue weighted by Gasteiger charge is -2.37. The Morgan fingerprint density at radius 2 is 1.67 bits per heavy atom. The Balaban J connectivity index is 1.35. The molecule has 0 saturated carbocycles. The van der Waals surface area contributed by atoms with Crippen LogP contribution in [0.15, 0.2) is 24.3 Å². The standard InChI is InChI=1S/C20H26N4O3/c25-18-13-16(15-5-1-2-6-17(15)21-18)20(27)24-11-9-22(10-12-24)14-19(26)23-7-3-4-8-23/h1-2,5-6,16H,3-4,7-14H2,(H,21,25). The van der Waals surface area contributed by atoms with Gasteiger partial charge in [-0.25, -0.2) is 0 Å². The van der Waals surface area contributed by atoms with Gasteiger partial charge in [-0.3, -0.25) is 19.3 Å².